The van der Waals surface area contributed by atoms with Crippen LogP contribution in [0.4, 0.5) is 0 Å². The van der Waals surface area contributed by atoms with Crippen molar-refractivity contribution in [1.29, 1.82) is 0 Å². The lowest BCUT2D eigenvalue weighted by molar-refractivity contribution is -0.134. The molecule has 1 N–H and O–H groups in total. The van der Waals surface area contributed by atoms with Gasteiger partial charge in [0, 0.05) is 25.0 Å². The average Bonchev–Trinajstić information content (AvgIpc) is 3.33. The zero-order valence-electron chi connectivity index (χ0n) is 14.1. The minimum Gasteiger partial charge on any atom is -0.506 e. The lowest BCUT2D eigenvalue weighted by Crippen LogP contribution is -2.47. The second-order valence-electron chi connectivity index (χ2n) is 6.87. The molecule has 0 radical (unpaired) electrons. The van der Waals surface area contributed by atoms with Crippen LogP contribution >= 0.6 is 0 Å². The first-order valence-electron chi connectivity index (χ1n) is 8.97. The number of phenolic OH excluding ortho intramolecular Hbond substituents is 1. The Hall–Kier alpha value is -2.56. The fourth-order valence-corrected chi connectivity index (χ4v) is 4.00. The summed E-state index contributed by atoms with van der Waals surface area (Å²) in [6, 6.07) is 10.6. The van der Waals surface area contributed by atoms with E-state index in [1.165, 1.54) is 0 Å². The van der Waals surface area contributed by atoms with Crippen molar-refractivity contribution in [2.45, 2.75) is 31.7 Å². The van der Waals surface area contributed by atoms with Gasteiger partial charge in [-0.25, -0.2) is 0 Å². The van der Waals surface area contributed by atoms with Crippen molar-refractivity contribution in [2.24, 2.45) is 0 Å². The monoisotopic (exact) mass is 338 g/mol. The van der Waals surface area contributed by atoms with Crippen LogP contribution in [0.3, 0.4) is 0 Å². The Morgan fingerprint density at radius 2 is 1.72 bits per heavy atom. The van der Waals surface area contributed by atoms with Gasteiger partial charge in [0.05, 0.1) is 5.56 Å². The molecule has 25 heavy (non-hydrogen) atoms. The van der Waals surface area contributed by atoms with E-state index in [0.29, 0.717) is 18.4 Å². The molecule has 2 amide bonds. The molecule has 2 aromatic carbocycles. The first-order valence-corrected chi connectivity index (χ1v) is 8.97. The van der Waals surface area contributed by atoms with Gasteiger partial charge in [0.15, 0.2) is 0 Å². The average molecular weight is 338 g/mol. The van der Waals surface area contributed by atoms with Gasteiger partial charge in [-0.1, -0.05) is 30.3 Å². The summed E-state index contributed by atoms with van der Waals surface area (Å²) in [5, 5.41) is 12.1. The maximum atomic E-state index is 13.0. The molecule has 1 atom stereocenters. The largest absolute Gasteiger partial charge is 0.506 e. The minimum atomic E-state index is -0.392. The van der Waals surface area contributed by atoms with E-state index in [1.807, 2.05) is 29.2 Å². The minimum absolute atomic E-state index is 0.00220. The van der Waals surface area contributed by atoms with E-state index < -0.39 is 6.04 Å². The van der Waals surface area contributed by atoms with Crippen molar-refractivity contribution in [3.8, 4) is 5.75 Å². The summed E-state index contributed by atoms with van der Waals surface area (Å²) in [5.41, 5.74) is 0.278. The van der Waals surface area contributed by atoms with Gasteiger partial charge in [0.25, 0.3) is 5.91 Å². The number of fused-ring (bicyclic) bond motifs is 1. The molecule has 2 aromatic rings. The number of likely N-dealkylation sites (tertiary alicyclic amines) is 2. The summed E-state index contributed by atoms with van der Waals surface area (Å²) >= 11 is 0. The van der Waals surface area contributed by atoms with Crippen LogP contribution in [0.2, 0.25) is 0 Å². The van der Waals surface area contributed by atoms with Crippen molar-refractivity contribution >= 4 is 22.6 Å². The van der Waals surface area contributed by atoms with Crippen LogP contribution in [-0.4, -0.2) is 52.4 Å². The number of hydrogen-bond acceptors (Lipinski definition) is 3. The number of carbonyl (C=O) groups is 2. The number of amides is 2. The highest BCUT2D eigenvalue weighted by Gasteiger charge is 2.38. The summed E-state index contributed by atoms with van der Waals surface area (Å²) in [4.78, 5) is 29.3. The Bertz CT molecular complexity index is 827. The third-order valence-corrected chi connectivity index (χ3v) is 5.35. The van der Waals surface area contributed by atoms with Crippen LogP contribution < -0.4 is 0 Å². The van der Waals surface area contributed by atoms with Crippen molar-refractivity contribution < 1.29 is 14.7 Å². The van der Waals surface area contributed by atoms with Gasteiger partial charge >= 0.3 is 0 Å². The number of hydrogen-bond donors (Lipinski definition) is 1. The molecule has 0 spiro atoms. The Morgan fingerprint density at radius 3 is 2.52 bits per heavy atom. The van der Waals surface area contributed by atoms with E-state index in [4.69, 9.17) is 0 Å². The lowest BCUT2D eigenvalue weighted by atomic mass is 10.0. The van der Waals surface area contributed by atoms with Crippen molar-refractivity contribution in [3.05, 3.63) is 42.0 Å². The molecular weight excluding hydrogens is 316 g/mol. The number of rotatable bonds is 2. The van der Waals surface area contributed by atoms with Crippen molar-refractivity contribution in [2.75, 3.05) is 19.6 Å². The van der Waals surface area contributed by atoms with Crippen LogP contribution in [0, 0.1) is 0 Å². The first kappa shape index (κ1) is 15.9. The Balaban J connectivity index is 1.63. The van der Waals surface area contributed by atoms with Gasteiger partial charge in [0.2, 0.25) is 5.91 Å². The van der Waals surface area contributed by atoms with Crippen LogP contribution in [0.1, 0.15) is 36.0 Å². The zero-order valence-corrected chi connectivity index (χ0v) is 14.1. The third kappa shape index (κ3) is 2.73. The van der Waals surface area contributed by atoms with Crippen molar-refractivity contribution in [3.63, 3.8) is 0 Å². The molecule has 5 nitrogen and oxygen atoms in total. The van der Waals surface area contributed by atoms with Gasteiger partial charge < -0.3 is 14.9 Å². The fourth-order valence-electron chi connectivity index (χ4n) is 4.00. The molecule has 0 aromatic heterocycles. The van der Waals surface area contributed by atoms with E-state index in [9.17, 15) is 14.7 Å². The van der Waals surface area contributed by atoms with E-state index in [2.05, 4.69) is 0 Å². The summed E-state index contributed by atoms with van der Waals surface area (Å²) in [7, 11) is 0. The van der Waals surface area contributed by atoms with Gasteiger partial charge in [0.1, 0.15) is 11.8 Å². The zero-order chi connectivity index (χ0) is 17.4. The van der Waals surface area contributed by atoms with E-state index in [0.717, 1.165) is 37.7 Å². The topological polar surface area (TPSA) is 60.9 Å². The molecule has 5 heteroatoms. The SMILES string of the molecule is O=C([C@H]1CCCN1C(=O)c1ccc2ccccc2c1O)N1CCCC1. The summed E-state index contributed by atoms with van der Waals surface area (Å²) in [6.45, 7) is 2.15. The normalized spacial score (nSPS) is 20.4. The molecule has 2 fully saturated rings. The quantitative estimate of drug-likeness (QED) is 0.916. The van der Waals surface area contributed by atoms with Crippen LogP contribution in [0.5, 0.6) is 5.75 Å². The number of phenols is 1. The molecule has 0 unspecified atom stereocenters. The lowest BCUT2D eigenvalue weighted by Gasteiger charge is -2.28. The van der Waals surface area contributed by atoms with Gasteiger partial charge in [-0.3, -0.25) is 9.59 Å². The maximum Gasteiger partial charge on any atom is 0.258 e. The summed E-state index contributed by atoms with van der Waals surface area (Å²) in [6.07, 6.45) is 3.61. The fraction of sp³-hybridized carbons (Fsp3) is 0.400. The maximum absolute atomic E-state index is 13.0. The Morgan fingerprint density at radius 1 is 0.960 bits per heavy atom. The number of benzene rings is 2. The van der Waals surface area contributed by atoms with Crippen LogP contribution in [0.25, 0.3) is 10.8 Å². The van der Waals surface area contributed by atoms with E-state index in [1.54, 1.807) is 17.0 Å². The molecule has 4 rings (SSSR count). The standard InChI is InChI=1S/C20H22N2O3/c23-18-15-7-2-1-6-14(15)9-10-16(18)19(24)22-13-5-8-17(22)20(25)21-11-3-4-12-21/h1-2,6-7,9-10,17,23H,3-5,8,11-13H2/t17-/m1/s1. The van der Waals surface area contributed by atoms with Crippen molar-refractivity contribution in [1.82, 2.24) is 9.80 Å². The smallest absolute Gasteiger partial charge is 0.258 e. The first-order chi connectivity index (χ1) is 12.2. The molecule has 2 aliphatic heterocycles. The molecule has 0 aliphatic carbocycles. The second kappa shape index (κ2) is 6.39. The predicted molar refractivity (Wildman–Crippen MR) is 95.5 cm³/mol. The molecular formula is C20H22N2O3. The molecule has 130 valence electrons. The van der Waals surface area contributed by atoms with E-state index >= 15 is 0 Å². The van der Waals surface area contributed by atoms with Gasteiger partial charge in [-0.05, 0) is 37.1 Å². The van der Waals surface area contributed by atoms with Crippen LogP contribution in [0.15, 0.2) is 36.4 Å². The van der Waals surface area contributed by atoms with Gasteiger partial charge in [-0.2, -0.15) is 0 Å². The highest BCUT2D eigenvalue weighted by atomic mass is 16.3. The number of nitrogens with zero attached hydrogens (tertiary/aromatic N) is 2. The number of aromatic hydroxyl groups is 1. The molecule has 0 bridgehead atoms. The highest BCUT2D eigenvalue weighted by Crippen LogP contribution is 2.31. The Labute approximate surface area is 146 Å². The van der Waals surface area contributed by atoms with Gasteiger partial charge in [-0.15, -0.1) is 0 Å². The predicted octanol–water partition coefficient (Wildman–Crippen LogP) is 2.77. The third-order valence-electron chi connectivity index (χ3n) is 5.35. The molecule has 2 heterocycles. The Kier molecular flexibility index (Phi) is 4.07. The van der Waals surface area contributed by atoms with Crippen LogP contribution in [-0.2, 0) is 4.79 Å². The summed E-state index contributed by atoms with van der Waals surface area (Å²) < 4.78 is 0. The number of carbonyl (C=O) groups excluding carboxylic acids is 2. The molecule has 2 saturated heterocycles. The molecule has 2 aliphatic rings. The second-order valence-corrected chi connectivity index (χ2v) is 6.87. The highest BCUT2D eigenvalue weighted by molar-refractivity contribution is 6.05. The van der Waals surface area contributed by atoms with E-state index in [-0.39, 0.29) is 23.1 Å². The molecule has 0 saturated carbocycles. The summed E-state index contributed by atoms with van der Waals surface area (Å²) in [5.74, 6) is -0.190.